The molecule has 0 aliphatic carbocycles. The zero-order valence-corrected chi connectivity index (χ0v) is 14.9. The topological polar surface area (TPSA) is 103 Å². The van der Waals surface area contributed by atoms with Crippen LogP contribution in [0.1, 0.15) is 15.9 Å². The summed E-state index contributed by atoms with van der Waals surface area (Å²) in [5, 5.41) is 23.0. The first kappa shape index (κ1) is 18.4. The standard InChI is InChI=1S/C19H19N5O3/c1-22-8-10-23(11-9-22)17-7-4-15(12-18(17)24(26)27)19(25)21-16-5-2-14(13-20)3-6-16/h2-7,12H,8-11H2,1H3,(H,21,25). The number of nitriles is 1. The highest BCUT2D eigenvalue weighted by molar-refractivity contribution is 6.05. The quantitative estimate of drug-likeness (QED) is 0.659. The summed E-state index contributed by atoms with van der Waals surface area (Å²) in [5.74, 6) is -0.437. The van der Waals surface area contributed by atoms with Gasteiger partial charge in [-0.3, -0.25) is 14.9 Å². The minimum Gasteiger partial charge on any atom is -0.363 e. The monoisotopic (exact) mass is 365 g/mol. The third kappa shape index (κ3) is 4.22. The molecule has 8 heteroatoms. The molecule has 0 saturated carbocycles. The molecule has 138 valence electrons. The average Bonchev–Trinajstić information content (AvgIpc) is 2.68. The summed E-state index contributed by atoms with van der Waals surface area (Å²) in [5.41, 5.74) is 1.67. The highest BCUT2D eigenvalue weighted by Gasteiger charge is 2.24. The smallest absolute Gasteiger partial charge is 0.293 e. The van der Waals surface area contributed by atoms with Crippen molar-refractivity contribution in [3.05, 3.63) is 63.7 Å². The number of amides is 1. The van der Waals surface area contributed by atoms with E-state index in [9.17, 15) is 14.9 Å². The molecule has 0 spiro atoms. The lowest BCUT2D eigenvalue weighted by Gasteiger charge is -2.33. The Morgan fingerprint density at radius 3 is 2.41 bits per heavy atom. The van der Waals surface area contributed by atoms with Gasteiger partial charge >= 0.3 is 0 Å². The molecule has 1 fully saturated rings. The van der Waals surface area contributed by atoms with Crippen LogP contribution in [0.3, 0.4) is 0 Å². The molecule has 0 bridgehead atoms. The van der Waals surface area contributed by atoms with E-state index in [1.165, 1.54) is 6.07 Å². The first-order valence-electron chi connectivity index (χ1n) is 8.51. The van der Waals surface area contributed by atoms with Gasteiger partial charge in [-0.25, -0.2) is 0 Å². The summed E-state index contributed by atoms with van der Waals surface area (Å²) in [6.45, 7) is 3.07. The molecule has 1 aliphatic rings. The van der Waals surface area contributed by atoms with Crippen LogP contribution in [0.4, 0.5) is 17.1 Å². The molecule has 1 N–H and O–H groups in total. The number of carbonyl (C=O) groups is 1. The maximum Gasteiger partial charge on any atom is 0.293 e. The summed E-state index contributed by atoms with van der Waals surface area (Å²) < 4.78 is 0. The lowest BCUT2D eigenvalue weighted by Crippen LogP contribution is -2.44. The summed E-state index contributed by atoms with van der Waals surface area (Å²) in [6, 6.07) is 13.0. The lowest BCUT2D eigenvalue weighted by atomic mass is 10.1. The predicted molar refractivity (Wildman–Crippen MR) is 102 cm³/mol. The number of rotatable bonds is 4. The van der Waals surface area contributed by atoms with E-state index in [4.69, 9.17) is 5.26 Å². The van der Waals surface area contributed by atoms with Gasteiger partial charge in [-0.2, -0.15) is 5.26 Å². The van der Waals surface area contributed by atoms with E-state index < -0.39 is 10.8 Å². The lowest BCUT2D eigenvalue weighted by molar-refractivity contribution is -0.384. The molecule has 27 heavy (non-hydrogen) atoms. The third-order valence-electron chi connectivity index (χ3n) is 4.55. The van der Waals surface area contributed by atoms with Crippen molar-refractivity contribution in [2.24, 2.45) is 0 Å². The first-order chi connectivity index (χ1) is 13.0. The molecule has 2 aromatic carbocycles. The Balaban J connectivity index is 1.81. The second-order valence-electron chi connectivity index (χ2n) is 6.39. The Morgan fingerprint density at radius 1 is 1.15 bits per heavy atom. The fraction of sp³-hybridized carbons (Fsp3) is 0.263. The van der Waals surface area contributed by atoms with Crippen LogP contribution in [-0.4, -0.2) is 49.0 Å². The predicted octanol–water partition coefficient (Wildman–Crippen LogP) is 2.47. The Hall–Kier alpha value is -3.44. The van der Waals surface area contributed by atoms with Gasteiger partial charge in [0.1, 0.15) is 5.69 Å². The number of hydrogen-bond donors (Lipinski definition) is 1. The number of nitrogens with zero attached hydrogens (tertiary/aromatic N) is 4. The van der Waals surface area contributed by atoms with Crippen LogP contribution in [0.25, 0.3) is 0 Å². The SMILES string of the molecule is CN1CCN(c2ccc(C(=O)Nc3ccc(C#N)cc3)cc2[N+](=O)[O-])CC1. The number of hydrogen-bond acceptors (Lipinski definition) is 6. The van der Waals surface area contributed by atoms with E-state index in [2.05, 4.69) is 10.2 Å². The van der Waals surface area contributed by atoms with Crippen molar-refractivity contribution >= 4 is 23.0 Å². The molecular weight excluding hydrogens is 346 g/mol. The fourth-order valence-electron chi connectivity index (χ4n) is 2.96. The van der Waals surface area contributed by atoms with Crippen molar-refractivity contribution in [1.82, 2.24) is 4.90 Å². The number of benzene rings is 2. The second-order valence-corrected chi connectivity index (χ2v) is 6.39. The number of nitrogens with one attached hydrogen (secondary N) is 1. The van der Waals surface area contributed by atoms with Crippen LogP contribution in [-0.2, 0) is 0 Å². The second kappa shape index (κ2) is 7.85. The number of anilines is 2. The van der Waals surface area contributed by atoms with Crippen LogP contribution in [0.2, 0.25) is 0 Å². The van der Waals surface area contributed by atoms with Gasteiger partial charge in [-0.05, 0) is 43.4 Å². The summed E-state index contributed by atoms with van der Waals surface area (Å²) in [4.78, 5) is 27.7. The summed E-state index contributed by atoms with van der Waals surface area (Å²) >= 11 is 0. The summed E-state index contributed by atoms with van der Waals surface area (Å²) in [6.07, 6.45) is 0. The molecule has 1 heterocycles. The van der Waals surface area contributed by atoms with Gasteiger partial charge in [0.2, 0.25) is 0 Å². The Morgan fingerprint density at radius 2 is 1.81 bits per heavy atom. The van der Waals surface area contributed by atoms with Gasteiger partial charge < -0.3 is 15.1 Å². The minimum atomic E-state index is -0.452. The minimum absolute atomic E-state index is 0.0768. The van der Waals surface area contributed by atoms with Gasteiger partial charge in [0.25, 0.3) is 11.6 Å². The van der Waals surface area contributed by atoms with E-state index >= 15 is 0 Å². The third-order valence-corrected chi connectivity index (χ3v) is 4.55. The maximum atomic E-state index is 12.5. The maximum absolute atomic E-state index is 12.5. The van der Waals surface area contributed by atoms with Crippen molar-refractivity contribution in [2.45, 2.75) is 0 Å². The number of carbonyl (C=O) groups excluding carboxylic acids is 1. The van der Waals surface area contributed by atoms with Gasteiger partial charge in [0, 0.05) is 43.5 Å². The highest BCUT2D eigenvalue weighted by Crippen LogP contribution is 2.30. The van der Waals surface area contributed by atoms with Crippen LogP contribution < -0.4 is 10.2 Å². The molecule has 1 amide bonds. The summed E-state index contributed by atoms with van der Waals surface area (Å²) in [7, 11) is 2.02. The van der Waals surface area contributed by atoms with E-state index in [-0.39, 0.29) is 11.3 Å². The molecule has 0 aromatic heterocycles. The molecule has 8 nitrogen and oxygen atoms in total. The Kier molecular flexibility index (Phi) is 5.33. The van der Waals surface area contributed by atoms with Crippen molar-refractivity contribution in [2.75, 3.05) is 43.4 Å². The van der Waals surface area contributed by atoms with Gasteiger partial charge in [-0.15, -0.1) is 0 Å². The van der Waals surface area contributed by atoms with Gasteiger partial charge in [0.05, 0.1) is 16.6 Å². The molecule has 0 radical (unpaired) electrons. The number of likely N-dealkylation sites (N-methyl/N-ethyl adjacent to an activating group) is 1. The molecular formula is C19H19N5O3. The number of nitro benzene ring substituents is 1. The fourth-order valence-corrected chi connectivity index (χ4v) is 2.96. The van der Waals surface area contributed by atoms with Gasteiger partial charge in [0.15, 0.2) is 0 Å². The first-order valence-corrected chi connectivity index (χ1v) is 8.51. The zero-order chi connectivity index (χ0) is 19.4. The highest BCUT2D eigenvalue weighted by atomic mass is 16.6. The van der Waals surface area contributed by atoms with Crippen LogP contribution in [0, 0.1) is 21.4 Å². The van der Waals surface area contributed by atoms with Crippen molar-refractivity contribution in [3.8, 4) is 6.07 Å². The number of piperazine rings is 1. The Labute approximate surface area is 156 Å². The normalized spacial score (nSPS) is 14.4. The molecule has 2 aromatic rings. The van der Waals surface area contributed by atoms with E-state index in [1.54, 1.807) is 36.4 Å². The van der Waals surface area contributed by atoms with Gasteiger partial charge in [-0.1, -0.05) is 0 Å². The van der Waals surface area contributed by atoms with Crippen LogP contribution >= 0.6 is 0 Å². The molecule has 3 rings (SSSR count). The van der Waals surface area contributed by atoms with Crippen LogP contribution in [0.5, 0.6) is 0 Å². The molecule has 1 saturated heterocycles. The molecule has 0 atom stereocenters. The van der Waals surface area contributed by atoms with Crippen molar-refractivity contribution in [3.63, 3.8) is 0 Å². The van der Waals surface area contributed by atoms with E-state index in [0.717, 1.165) is 13.1 Å². The van der Waals surface area contributed by atoms with Crippen molar-refractivity contribution < 1.29 is 9.72 Å². The average molecular weight is 365 g/mol. The Bertz CT molecular complexity index is 897. The van der Waals surface area contributed by atoms with Crippen molar-refractivity contribution in [1.29, 1.82) is 5.26 Å². The molecule has 1 aliphatic heterocycles. The van der Waals surface area contributed by atoms with E-state index in [0.29, 0.717) is 30.0 Å². The zero-order valence-electron chi connectivity index (χ0n) is 14.9. The van der Waals surface area contributed by atoms with E-state index in [1.807, 2.05) is 18.0 Å². The van der Waals surface area contributed by atoms with Crippen LogP contribution in [0.15, 0.2) is 42.5 Å². The number of nitro groups is 1. The largest absolute Gasteiger partial charge is 0.363 e. The molecule has 0 unspecified atom stereocenters.